The smallest absolute Gasteiger partial charge is 0.260 e. The minimum absolute atomic E-state index is 0.177. The predicted molar refractivity (Wildman–Crippen MR) is 156 cm³/mol. The maximum atomic E-state index is 13.8. The zero-order chi connectivity index (χ0) is 28.4. The summed E-state index contributed by atoms with van der Waals surface area (Å²) in [4.78, 5) is 22.6. The molecule has 0 atom stereocenters. The Labute approximate surface area is 235 Å². The molecule has 1 amide bonds. The monoisotopic (exact) mass is 592 g/mol. The van der Waals surface area contributed by atoms with E-state index in [4.69, 9.17) is 0 Å². The lowest BCUT2D eigenvalue weighted by molar-refractivity contribution is 0.0983. The number of benzene rings is 2. The number of hydrogen-bond acceptors (Lipinski definition) is 8. The first kappa shape index (κ1) is 29.6. The molecule has 2 aromatic carbocycles. The van der Waals surface area contributed by atoms with Crippen LogP contribution in [0.1, 0.15) is 44.0 Å². The summed E-state index contributed by atoms with van der Waals surface area (Å²) in [5, 5.41) is 0.465. The number of nitrogens with zero attached hydrogens (tertiary/aromatic N) is 4. The molecular weight excluding hydrogens is 557 g/mol. The highest BCUT2D eigenvalue weighted by Crippen LogP contribution is 2.32. The summed E-state index contributed by atoms with van der Waals surface area (Å²) in [5.41, 5.74) is 0.970. The maximum Gasteiger partial charge on any atom is 0.260 e. The fourth-order valence-electron chi connectivity index (χ4n) is 4.60. The zero-order valence-corrected chi connectivity index (χ0v) is 25.3. The van der Waals surface area contributed by atoms with Crippen LogP contribution in [0.25, 0.3) is 10.2 Å². The Kier molecular flexibility index (Phi) is 9.12. The second-order valence-electron chi connectivity index (χ2n) is 9.99. The number of piperidine rings is 1. The molecule has 212 valence electrons. The van der Waals surface area contributed by atoms with Gasteiger partial charge in [0.05, 0.1) is 20.0 Å². The van der Waals surface area contributed by atoms with E-state index in [0.717, 1.165) is 32.2 Å². The van der Waals surface area contributed by atoms with E-state index in [2.05, 4.69) is 30.7 Å². The molecule has 0 saturated carbocycles. The van der Waals surface area contributed by atoms with Crippen LogP contribution in [0, 0.1) is 5.92 Å². The van der Waals surface area contributed by atoms with Gasteiger partial charge in [-0.2, -0.15) is 4.31 Å². The van der Waals surface area contributed by atoms with E-state index in [9.17, 15) is 21.6 Å². The van der Waals surface area contributed by atoms with Crippen molar-refractivity contribution >= 4 is 52.5 Å². The summed E-state index contributed by atoms with van der Waals surface area (Å²) in [5.74, 6) is 0.222. The first-order chi connectivity index (χ1) is 18.4. The lowest BCUT2D eigenvalue weighted by atomic mass is 10.0. The number of thiazole rings is 1. The number of likely N-dealkylation sites (N-methyl/N-ethyl adjacent to an activating group) is 1. The number of hydrogen-bond donors (Lipinski definition) is 0. The number of rotatable bonds is 10. The Morgan fingerprint density at radius 2 is 1.59 bits per heavy atom. The highest BCUT2D eigenvalue weighted by atomic mass is 32.2. The first-order valence-corrected chi connectivity index (χ1v) is 17.3. The minimum atomic E-state index is -3.62. The van der Waals surface area contributed by atoms with Crippen molar-refractivity contribution < 1.29 is 21.6 Å². The Bertz CT molecular complexity index is 1520. The molecule has 1 aliphatic heterocycles. The number of anilines is 1. The molecule has 12 heteroatoms. The van der Waals surface area contributed by atoms with Crippen LogP contribution in [0.5, 0.6) is 0 Å². The summed E-state index contributed by atoms with van der Waals surface area (Å²) in [7, 11) is -7.00. The van der Waals surface area contributed by atoms with Crippen molar-refractivity contribution in [2.75, 3.05) is 50.4 Å². The molecular formula is C27H36N4O5S3. The summed E-state index contributed by atoms with van der Waals surface area (Å²) in [6.07, 6.45) is 2.84. The van der Waals surface area contributed by atoms with E-state index < -0.39 is 19.9 Å². The fourth-order valence-corrected chi connectivity index (χ4v) is 7.82. The van der Waals surface area contributed by atoms with Crippen LogP contribution in [0.2, 0.25) is 0 Å². The van der Waals surface area contributed by atoms with Crippen molar-refractivity contribution in [1.82, 2.24) is 14.2 Å². The standard InChI is InChI=1S/C27H36N4O5S3/c1-5-29(6-2)17-18-31(27-28-24-12-11-23(38(4,33)34)19-25(24)37-27)26(32)21-7-9-22(10-8-21)39(35,36)30-15-13-20(3)14-16-30/h7-12,19-20H,5-6,13-18H2,1-4H3. The largest absolute Gasteiger partial charge is 0.302 e. The number of fused-ring (bicyclic) bond motifs is 1. The van der Waals surface area contributed by atoms with Gasteiger partial charge in [0.25, 0.3) is 5.91 Å². The quantitative estimate of drug-likeness (QED) is 0.349. The molecule has 3 aromatic rings. The van der Waals surface area contributed by atoms with Gasteiger partial charge in [-0.05, 0) is 74.3 Å². The van der Waals surface area contributed by atoms with Gasteiger partial charge in [-0.25, -0.2) is 21.8 Å². The molecule has 1 aromatic heterocycles. The number of sulfonamides is 1. The van der Waals surface area contributed by atoms with E-state index in [1.54, 1.807) is 29.2 Å². The van der Waals surface area contributed by atoms with E-state index in [1.807, 2.05) is 0 Å². The van der Waals surface area contributed by atoms with Gasteiger partial charge in [0.1, 0.15) is 0 Å². The molecule has 1 saturated heterocycles. The minimum Gasteiger partial charge on any atom is -0.302 e. The SMILES string of the molecule is CCN(CC)CCN(C(=O)c1ccc(S(=O)(=O)N2CCC(C)CC2)cc1)c1nc2ccc(S(C)(=O)=O)cc2s1. The van der Waals surface area contributed by atoms with Crippen LogP contribution in [-0.4, -0.2) is 82.5 Å². The molecule has 1 aliphatic rings. The van der Waals surface area contributed by atoms with Crippen LogP contribution in [0.4, 0.5) is 5.13 Å². The second-order valence-corrected chi connectivity index (χ2v) is 15.0. The Morgan fingerprint density at radius 3 is 2.18 bits per heavy atom. The van der Waals surface area contributed by atoms with Crippen LogP contribution >= 0.6 is 11.3 Å². The second kappa shape index (κ2) is 12.0. The first-order valence-electron chi connectivity index (χ1n) is 13.2. The predicted octanol–water partition coefficient (Wildman–Crippen LogP) is 4.11. The molecule has 1 fully saturated rings. The number of amides is 1. The van der Waals surface area contributed by atoms with Gasteiger partial charge in [-0.3, -0.25) is 9.69 Å². The van der Waals surface area contributed by atoms with E-state index in [1.165, 1.54) is 33.8 Å². The van der Waals surface area contributed by atoms with Crippen molar-refractivity contribution in [2.24, 2.45) is 5.92 Å². The van der Waals surface area contributed by atoms with E-state index in [-0.39, 0.29) is 15.7 Å². The zero-order valence-electron chi connectivity index (χ0n) is 22.8. The van der Waals surface area contributed by atoms with Gasteiger partial charge >= 0.3 is 0 Å². The molecule has 0 unspecified atom stereocenters. The average Bonchev–Trinajstić information content (AvgIpc) is 3.34. The van der Waals surface area contributed by atoms with Crippen LogP contribution in [0.15, 0.2) is 52.3 Å². The Morgan fingerprint density at radius 1 is 0.974 bits per heavy atom. The van der Waals surface area contributed by atoms with Crippen LogP contribution in [-0.2, 0) is 19.9 Å². The molecule has 2 heterocycles. The normalized spacial score (nSPS) is 15.7. The number of carbonyl (C=O) groups excluding carboxylic acids is 1. The maximum absolute atomic E-state index is 13.8. The molecule has 0 spiro atoms. The highest BCUT2D eigenvalue weighted by molar-refractivity contribution is 7.90. The molecule has 0 radical (unpaired) electrons. The van der Waals surface area contributed by atoms with Gasteiger partial charge in [0.2, 0.25) is 10.0 Å². The molecule has 0 aliphatic carbocycles. The van der Waals surface area contributed by atoms with Crippen molar-refractivity contribution in [2.45, 2.75) is 43.4 Å². The van der Waals surface area contributed by atoms with Gasteiger partial charge in [0.15, 0.2) is 15.0 Å². The summed E-state index contributed by atoms with van der Waals surface area (Å²) in [6.45, 7) is 9.92. The molecule has 0 N–H and O–H groups in total. The summed E-state index contributed by atoms with van der Waals surface area (Å²) in [6, 6.07) is 10.9. The van der Waals surface area contributed by atoms with Crippen LogP contribution < -0.4 is 4.90 Å². The van der Waals surface area contributed by atoms with Crippen molar-refractivity contribution in [1.29, 1.82) is 0 Å². The van der Waals surface area contributed by atoms with Gasteiger partial charge in [-0.15, -0.1) is 0 Å². The van der Waals surface area contributed by atoms with E-state index >= 15 is 0 Å². The highest BCUT2D eigenvalue weighted by Gasteiger charge is 2.29. The Balaban J connectivity index is 1.63. The van der Waals surface area contributed by atoms with Crippen molar-refractivity contribution in [3.05, 3.63) is 48.0 Å². The summed E-state index contributed by atoms with van der Waals surface area (Å²) < 4.78 is 52.6. The lowest BCUT2D eigenvalue weighted by Gasteiger charge is -2.29. The number of sulfone groups is 1. The summed E-state index contributed by atoms with van der Waals surface area (Å²) >= 11 is 1.26. The Hall–Kier alpha value is -2.38. The lowest BCUT2D eigenvalue weighted by Crippen LogP contribution is -2.39. The molecule has 4 rings (SSSR count). The van der Waals surface area contributed by atoms with Crippen LogP contribution in [0.3, 0.4) is 0 Å². The van der Waals surface area contributed by atoms with Crippen molar-refractivity contribution in [3.63, 3.8) is 0 Å². The number of aromatic nitrogens is 1. The average molecular weight is 593 g/mol. The fraction of sp³-hybridized carbons (Fsp3) is 0.481. The number of carbonyl (C=O) groups is 1. The molecule has 9 nitrogen and oxygen atoms in total. The third kappa shape index (κ3) is 6.68. The molecule has 0 bridgehead atoms. The topological polar surface area (TPSA) is 108 Å². The third-order valence-corrected chi connectivity index (χ3v) is 11.3. The van der Waals surface area contributed by atoms with Gasteiger partial charge < -0.3 is 4.90 Å². The van der Waals surface area contributed by atoms with Crippen molar-refractivity contribution in [3.8, 4) is 0 Å². The van der Waals surface area contributed by atoms with Gasteiger partial charge in [0, 0.05) is 38.0 Å². The van der Waals surface area contributed by atoms with E-state index in [0.29, 0.717) is 53.0 Å². The van der Waals surface area contributed by atoms with Gasteiger partial charge in [-0.1, -0.05) is 32.1 Å². The molecule has 39 heavy (non-hydrogen) atoms. The third-order valence-electron chi connectivity index (χ3n) is 7.27.